The quantitative estimate of drug-likeness (QED) is 0.266. The molecule has 3 atom stereocenters. The lowest BCUT2D eigenvalue weighted by molar-refractivity contribution is 0.0227. The monoisotopic (exact) mass is 668 g/mol. The average Bonchev–Trinajstić information content (AvgIpc) is 3.63. The first-order valence-corrected chi connectivity index (χ1v) is 16.7. The molecule has 256 valence electrons. The Labute approximate surface area is 283 Å². The number of hydrogen-bond acceptors (Lipinski definition) is 8. The highest BCUT2D eigenvalue weighted by atomic mass is 19.1. The molecule has 49 heavy (non-hydrogen) atoms. The van der Waals surface area contributed by atoms with Crippen LogP contribution in [0.25, 0.3) is 33.6 Å². The highest BCUT2D eigenvalue weighted by molar-refractivity contribution is 6.00. The molecular weight excluding hydrogens is 627 g/mol. The van der Waals surface area contributed by atoms with Gasteiger partial charge in [-0.3, -0.25) is 9.59 Å². The molecule has 2 aliphatic rings. The van der Waals surface area contributed by atoms with Gasteiger partial charge in [-0.2, -0.15) is 4.39 Å². The summed E-state index contributed by atoms with van der Waals surface area (Å²) in [7, 11) is 5.18. The summed E-state index contributed by atoms with van der Waals surface area (Å²) in [4.78, 5) is 42.5. The second-order valence-electron chi connectivity index (χ2n) is 13.0. The van der Waals surface area contributed by atoms with Crippen molar-refractivity contribution in [3.63, 3.8) is 0 Å². The Morgan fingerprint density at radius 3 is 2.69 bits per heavy atom. The number of aromatic nitrogens is 5. The molecule has 2 amide bonds. The number of piperidine rings is 1. The molecule has 1 aromatic carbocycles. The SMILES string of the molecule is COc1cc(C(=O)N2CC[C@@H](OC)[C@@H](N)C2)cc2nc(-c3cc4ccc5nc4n3CCCCCc3ccnc(F)c3C(=O)N[C@@H]5C)n(C)c12. The van der Waals surface area contributed by atoms with Crippen molar-refractivity contribution in [1.29, 1.82) is 0 Å². The van der Waals surface area contributed by atoms with Crippen molar-refractivity contribution >= 4 is 33.9 Å². The Kier molecular flexibility index (Phi) is 8.80. The minimum absolute atomic E-state index is 0.000446. The van der Waals surface area contributed by atoms with Gasteiger partial charge in [0.05, 0.1) is 41.7 Å². The van der Waals surface area contributed by atoms with Crippen molar-refractivity contribution in [3.8, 4) is 17.3 Å². The zero-order valence-corrected chi connectivity index (χ0v) is 28.2. The van der Waals surface area contributed by atoms with Gasteiger partial charge in [0.2, 0.25) is 5.95 Å². The van der Waals surface area contributed by atoms with Crippen LogP contribution in [0.2, 0.25) is 0 Å². The van der Waals surface area contributed by atoms with Crippen molar-refractivity contribution < 1.29 is 23.5 Å². The minimum atomic E-state index is -0.761. The smallest absolute Gasteiger partial charge is 0.256 e. The number of benzene rings is 1. The maximum Gasteiger partial charge on any atom is 0.256 e. The van der Waals surface area contributed by atoms with Gasteiger partial charge in [-0.25, -0.2) is 15.0 Å². The number of hydrogen-bond donors (Lipinski definition) is 2. The Balaban J connectivity index is 1.28. The standard InChI is InChI=1S/C36H41FN8O4/c1-20-25-10-9-22-17-27(45(33(22)41-25)14-7-5-6-8-21-11-13-39-32(37)30(21)35(46)40-20)34-42-26-16-23(18-29(49-4)31(26)43(34)2)36(47)44-15-12-28(48-3)24(38)19-44/h9-11,13,16-18,20,24,28H,5-8,12,14-15,19,38H2,1-4H3,(H,40,46)/t20-,24+,28-/m1/s1. The van der Waals surface area contributed by atoms with Crippen LogP contribution in [0.3, 0.4) is 0 Å². The number of pyridine rings is 2. The number of carbonyl (C=O) groups excluding carboxylic acids is 2. The Bertz CT molecular complexity index is 2070. The van der Waals surface area contributed by atoms with E-state index in [0.29, 0.717) is 66.4 Å². The molecule has 12 nitrogen and oxygen atoms in total. The fourth-order valence-corrected chi connectivity index (χ4v) is 7.26. The van der Waals surface area contributed by atoms with Crippen LogP contribution in [0, 0.1) is 5.95 Å². The number of nitrogens with two attached hydrogens (primary N) is 1. The van der Waals surface area contributed by atoms with Crippen LogP contribution >= 0.6 is 0 Å². The number of fused-ring (bicyclic) bond motifs is 3. The minimum Gasteiger partial charge on any atom is -0.494 e. The van der Waals surface area contributed by atoms with Gasteiger partial charge in [0, 0.05) is 57.0 Å². The van der Waals surface area contributed by atoms with Crippen LogP contribution in [-0.2, 0) is 24.8 Å². The number of amides is 2. The predicted octanol–water partition coefficient (Wildman–Crippen LogP) is 4.54. The van der Waals surface area contributed by atoms with Crippen LogP contribution in [0.4, 0.5) is 4.39 Å². The van der Waals surface area contributed by atoms with E-state index in [2.05, 4.69) is 20.9 Å². The summed E-state index contributed by atoms with van der Waals surface area (Å²) in [5, 5.41) is 3.86. The highest BCUT2D eigenvalue weighted by Crippen LogP contribution is 2.35. The molecule has 6 heterocycles. The largest absolute Gasteiger partial charge is 0.494 e. The average molecular weight is 669 g/mol. The van der Waals surface area contributed by atoms with E-state index in [4.69, 9.17) is 25.2 Å². The van der Waals surface area contributed by atoms with E-state index >= 15 is 0 Å². The van der Waals surface area contributed by atoms with E-state index in [1.807, 2.05) is 36.7 Å². The molecule has 7 rings (SSSR count). The molecule has 5 aromatic rings. The van der Waals surface area contributed by atoms with Crippen molar-refractivity contribution in [2.24, 2.45) is 12.8 Å². The van der Waals surface area contributed by atoms with E-state index in [-0.39, 0.29) is 23.6 Å². The lowest BCUT2D eigenvalue weighted by Gasteiger charge is -2.36. The highest BCUT2D eigenvalue weighted by Gasteiger charge is 2.31. The number of ether oxygens (including phenoxy) is 2. The summed E-state index contributed by atoms with van der Waals surface area (Å²) < 4.78 is 30.2. The molecule has 2 aliphatic heterocycles. The first-order valence-electron chi connectivity index (χ1n) is 16.7. The summed E-state index contributed by atoms with van der Waals surface area (Å²) in [5.41, 5.74) is 11.1. The number of methoxy groups -OCH3 is 2. The zero-order chi connectivity index (χ0) is 34.4. The zero-order valence-electron chi connectivity index (χ0n) is 28.2. The van der Waals surface area contributed by atoms with Crippen molar-refractivity contribution in [2.75, 3.05) is 27.3 Å². The maximum absolute atomic E-state index is 14.8. The van der Waals surface area contributed by atoms with E-state index in [1.54, 1.807) is 31.3 Å². The number of imidazole rings is 1. The molecule has 0 spiro atoms. The molecule has 1 saturated heterocycles. The Morgan fingerprint density at radius 2 is 1.92 bits per heavy atom. The maximum atomic E-state index is 14.8. The van der Waals surface area contributed by atoms with Crippen LogP contribution in [-0.4, -0.2) is 80.3 Å². The molecule has 0 aliphatic carbocycles. The van der Waals surface area contributed by atoms with Crippen LogP contribution < -0.4 is 15.8 Å². The number of rotatable bonds is 4. The lowest BCUT2D eigenvalue weighted by Crippen LogP contribution is -2.53. The first-order chi connectivity index (χ1) is 23.7. The van der Waals surface area contributed by atoms with Gasteiger partial charge in [-0.15, -0.1) is 0 Å². The summed E-state index contributed by atoms with van der Waals surface area (Å²) in [5.74, 6) is -0.134. The third-order valence-corrected chi connectivity index (χ3v) is 9.92. The number of carbonyl (C=O) groups is 2. The summed E-state index contributed by atoms with van der Waals surface area (Å²) >= 11 is 0. The van der Waals surface area contributed by atoms with Gasteiger partial charge < -0.3 is 34.6 Å². The molecular formula is C36H41FN8O4. The van der Waals surface area contributed by atoms with Crippen molar-refractivity contribution in [1.82, 2.24) is 34.3 Å². The van der Waals surface area contributed by atoms with Crippen LogP contribution in [0.15, 0.2) is 42.6 Å². The van der Waals surface area contributed by atoms with Crippen molar-refractivity contribution in [2.45, 2.75) is 63.8 Å². The summed E-state index contributed by atoms with van der Waals surface area (Å²) in [6.07, 6.45) is 5.04. The van der Waals surface area contributed by atoms with Gasteiger partial charge in [0.25, 0.3) is 11.8 Å². The van der Waals surface area contributed by atoms with Gasteiger partial charge in [-0.1, -0.05) is 6.42 Å². The molecule has 4 aromatic heterocycles. The first kappa shape index (κ1) is 32.7. The number of halogens is 1. The molecule has 2 bridgehead atoms. The predicted molar refractivity (Wildman–Crippen MR) is 183 cm³/mol. The van der Waals surface area contributed by atoms with E-state index < -0.39 is 17.9 Å². The fourth-order valence-electron chi connectivity index (χ4n) is 7.26. The second-order valence-corrected chi connectivity index (χ2v) is 13.0. The van der Waals surface area contributed by atoms with Gasteiger partial charge in [0.15, 0.2) is 5.82 Å². The molecule has 0 radical (unpaired) electrons. The number of aryl methyl sites for hydroxylation is 3. The van der Waals surface area contributed by atoms with Crippen LogP contribution in [0.1, 0.15) is 70.6 Å². The van der Waals surface area contributed by atoms with Crippen LogP contribution in [0.5, 0.6) is 5.75 Å². The lowest BCUT2D eigenvalue weighted by atomic mass is 10.0. The van der Waals surface area contributed by atoms with Gasteiger partial charge >= 0.3 is 0 Å². The topological polar surface area (TPSA) is 142 Å². The molecule has 13 heteroatoms. The number of nitrogens with zero attached hydrogens (tertiary/aromatic N) is 6. The van der Waals surface area contributed by atoms with E-state index in [1.165, 1.54) is 6.20 Å². The molecule has 1 fully saturated rings. The normalized spacial score (nSPS) is 20.3. The third-order valence-electron chi connectivity index (χ3n) is 9.92. The second kappa shape index (κ2) is 13.2. The summed E-state index contributed by atoms with van der Waals surface area (Å²) in [6, 6.07) is 10.5. The van der Waals surface area contributed by atoms with E-state index in [9.17, 15) is 14.0 Å². The van der Waals surface area contributed by atoms with Crippen molar-refractivity contribution in [3.05, 3.63) is 70.9 Å². The fraction of sp³-hybridized carbons (Fsp3) is 0.417. The van der Waals surface area contributed by atoms with E-state index in [0.717, 1.165) is 41.5 Å². The van der Waals surface area contributed by atoms with Gasteiger partial charge in [0.1, 0.15) is 16.9 Å². The Morgan fingerprint density at radius 1 is 1.08 bits per heavy atom. The molecule has 3 N–H and O–H groups in total. The molecule has 0 unspecified atom stereocenters. The molecule has 0 saturated carbocycles. The third kappa shape index (κ3) is 5.90. The summed E-state index contributed by atoms with van der Waals surface area (Å²) in [6.45, 7) is 3.47. The van der Waals surface area contributed by atoms with Gasteiger partial charge in [-0.05, 0) is 74.6 Å². The Hall–Kier alpha value is -4.88. The number of likely N-dealkylation sites (tertiary alicyclic amines) is 1. The number of nitrogens with one attached hydrogen (secondary N) is 1.